The summed E-state index contributed by atoms with van der Waals surface area (Å²) in [6.07, 6.45) is 0. The zero-order chi connectivity index (χ0) is 10.1. The van der Waals surface area contributed by atoms with Crippen LogP contribution in [0.2, 0.25) is 0 Å². The molecule has 0 aliphatic heterocycles. The Labute approximate surface area is 80.8 Å². The molecule has 1 aromatic carbocycles. The molecule has 4 heteroatoms. The summed E-state index contributed by atoms with van der Waals surface area (Å²) in [7, 11) is 0. The van der Waals surface area contributed by atoms with Gasteiger partial charge in [0.05, 0.1) is 23.5 Å². The van der Waals surface area contributed by atoms with E-state index in [1.165, 1.54) is 0 Å². The fourth-order valence-corrected chi connectivity index (χ4v) is 1.52. The van der Waals surface area contributed by atoms with Gasteiger partial charge in [0.15, 0.2) is 0 Å². The molecule has 0 aliphatic rings. The monoisotopic (exact) mass is 189 g/mol. The van der Waals surface area contributed by atoms with Crippen molar-refractivity contribution in [2.75, 3.05) is 0 Å². The molecule has 0 amide bonds. The molecule has 2 rings (SSSR count). The summed E-state index contributed by atoms with van der Waals surface area (Å²) in [4.78, 5) is 14.7. The highest BCUT2D eigenvalue weighted by Crippen LogP contribution is 2.14. The Morgan fingerprint density at radius 3 is 2.93 bits per heavy atom. The van der Waals surface area contributed by atoms with E-state index >= 15 is 0 Å². The molecule has 0 spiro atoms. The normalized spacial score (nSPS) is 10.6. The van der Waals surface area contributed by atoms with Gasteiger partial charge in [-0.3, -0.25) is 0 Å². The van der Waals surface area contributed by atoms with Crippen LogP contribution in [0.25, 0.3) is 11.0 Å². The van der Waals surface area contributed by atoms with E-state index in [0.717, 1.165) is 11.0 Å². The zero-order valence-corrected chi connectivity index (χ0v) is 7.73. The number of aromatic nitrogens is 2. The lowest BCUT2D eigenvalue weighted by Crippen LogP contribution is -2.27. The molecule has 0 unspecified atom stereocenters. The zero-order valence-electron chi connectivity index (χ0n) is 7.73. The first kappa shape index (κ1) is 8.74. The van der Waals surface area contributed by atoms with E-state index in [1.807, 2.05) is 24.3 Å². The van der Waals surface area contributed by atoms with E-state index < -0.39 is 5.97 Å². The number of carbonyl (C=O) groups excluding carboxylic acids is 1. The second-order valence-electron chi connectivity index (χ2n) is 3.11. The third-order valence-electron chi connectivity index (χ3n) is 2.13. The van der Waals surface area contributed by atoms with Crippen LogP contribution < -0.4 is 5.11 Å². The first-order valence-corrected chi connectivity index (χ1v) is 4.30. The number of carboxylic acid groups (broad SMARTS) is 1. The van der Waals surface area contributed by atoms with Crippen LogP contribution in [-0.4, -0.2) is 15.5 Å². The van der Waals surface area contributed by atoms with Crippen LogP contribution in [-0.2, 0) is 11.3 Å². The Balaban J connectivity index is 2.62. The molecule has 14 heavy (non-hydrogen) atoms. The van der Waals surface area contributed by atoms with Crippen molar-refractivity contribution in [1.29, 1.82) is 0 Å². The van der Waals surface area contributed by atoms with Crippen molar-refractivity contribution in [3.63, 3.8) is 0 Å². The number of imidazole rings is 1. The van der Waals surface area contributed by atoms with E-state index in [1.54, 1.807) is 11.5 Å². The summed E-state index contributed by atoms with van der Waals surface area (Å²) >= 11 is 0. The lowest BCUT2D eigenvalue weighted by atomic mass is 10.3. The smallest absolute Gasteiger partial charge is 0.107 e. The number of nitrogens with zero attached hydrogens (tertiary/aromatic N) is 2. The molecule has 0 fully saturated rings. The molecule has 0 bridgehead atoms. The van der Waals surface area contributed by atoms with E-state index in [0.29, 0.717) is 5.82 Å². The average Bonchev–Trinajstić information content (AvgIpc) is 2.43. The number of hydrogen-bond acceptors (Lipinski definition) is 3. The fraction of sp³-hybridized carbons (Fsp3) is 0.200. The molecule has 1 heterocycles. The highest BCUT2D eigenvalue weighted by Gasteiger charge is 2.05. The molecule has 72 valence electrons. The van der Waals surface area contributed by atoms with Gasteiger partial charge in [-0.25, -0.2) is 4.98 Å². The highest BCUT2D eigenvalue weighted by atomic mass is 16.4. The maximum atomic E-state index is 10.5. The Morgan fingerprint density at radius 2 is 2.21 bits per heavy atom. The lowest BCUT2D eigenvalue weighted by molar-refractivity contribution is -0.306. The minimum absolute atomic E-state index is 0.146. The van der Waals surface area contributed by atoms with Gasteiger partial charge in [0.2, 0.25) is 0 Å². The summed E-state index contributed by atoms with van der Waals surface area (Å²) in [5, 5.41) is 10.5. The van der Waals surface area contributed by atoms with Crippen molar-refractivity contribution in [2.24, 2.45) is 0 Å². The third kappa shape index (κ3) is 1.35. The number of hydrogen-bond donors (Lipinski definition) is 0. The summed E-state index contributed by atoms with van der Waals surface area (Å²) in [6.45, 7) is 1.63. The second-order valence-corrected chi connectivity index (χ2v) is 3.11. The minimum atomic E-state index is -1.10. The number of rotatable bonds is 2. The lowest BCUT2D eigenvalue weighted by Gasteiger charge is -2.06. The summed E-state index contributed by atoms with van der Waals surface area (Å²) < 4.78 is 1.63. The first-order valence-electron chi connectivity index (χ1n) is 4.30. The molecule has 0 radical (unpaired) electrons. The third-order valence-corrected chi connectivity index (χ3v) is 2.13. The molecule has 0 N–H and O–H groups in total. The van der Waals surface area contributed by atoms with Gasteiger partial charge in [0.1, 0.15) is 5.82 Å². The topological polar surface area (TPSA) is 58.0 Å². The van der Waals surface area contributed by atoms with E-state index in [2.05, 4.69) is 4.98 Å². The van der Waals surface area contributed by atoms with Gasteiger partial charge in [-0.15, -0.1) is 0 Å². The molecular formula is C10H9N2O2-. The maximum absolute atomic E-state index is 10.5. The molecule has 2 aromatic rings. The number of carbonyl (C=O) groups is 1. The SMILES string of the molecule is Cc1nc2ccccc2n1CC(=O)[O-]. The largest absolute Gasteiger partial charge is 0.548 e. The van der Waals surface area contributed by atoms with Crippen LogP contribution in [0, 0.1) is 6.92 Å². The number of aliphatic carboxylic acids is 1. The van der Waals surface area contributed by atoms with Crippen molar-refractivity contribution in [3.8, 4) is 0 Å². The fourth-order valence-electron chi connectivity index (χ4n) is 1.52. The van der Waals surface area contributed by atoms with Crippen LogP contribution in [0.3, 0.4) is 0 Å². The Bertz CT molecular complexity index is 488. The molecule has 0 saturated carbocycles. The maximum Gasteiger partial charge on any atom is 0.107 e. The highest BCUT2D eigenvalue weighted by molar-refractivity contribution is 5.77. The number of carboxylic acids is 1. The van der Waals surface area contributed by atoms with Crippen molar-refractivity contribution < 1.29 is 9.90 Å². The van der Waals surface area contributed by atoms with Gasteiger partial charge >= 0.3 is 0 Å². The molecule has 1 aromatic heterocycles. The molecular weight excluding hydrogens is 180 g/mol. The average molecular weight is 189 g/mol. The van der Waals surface area contributed by atoms with Gasteiger partial charge in [-0.1, -0.05) is 12.1 Å². The molecule has 0 saturated heterocycles. The van der Waals surface area contributed by atoms with Crippen LogP contribution in [0.5, 0.6) is 0 Å². The Hall–Kier alpha value is -1.84. The van der Waals surface area contributed by atoms with Gasteiger partial charge in [0, 0.05) is 0 Å². The van der Waals surface area contributed by atoms with Crippen LogP contribution in [0.4, 0.5) is 0 Å². The number of fused-ring (bicyclic) bond motifs is 1. The minimum Gasteiger partial charge on any atom is -0.548 e. The first-order chi connectivity index (χ1) is 6.68. The van der Waals surface area contributed by atoms with Crippen molar-refractivity contribution >= 4 is 17.0 Å². The summed E-state index contributed by atoms with van der Waals surface area (Å²) in [5.41, 5.74) is 1.64. The van der Waals surface area contributed by atoms with Gasteiger partial charge in [-0.2, -0.15) is 0 Å². The van der Waals surface area contributed by atoms with E-state index in [9.17, 15) is 9.90 Å². The van der Waals surface area contributed by atoms with Crippen molar-refractivity contribution in [3.05, 3.63) is 30.1 Å². The summed E-state index contributed by atoms with van der Waals surface area (Å²) in [5.74, 6) is -0.411. The molecule has 4 nitrogen and oxygen atoms in total. The Kier molecular flexibility index (Phi) is 1.96. The standard InChI is InChI=1S/C10H10N2O2/c1-7-11-8-4-2-3-5-9(8)12(7)6-10(13)14/h2-5H,6H2,1H3,(H,13,14)/p-1. The second kappa shape index (κ2) is 3.14. The predicted octanol–water partition coefficient (Wildman–Crippen LogP) is 0.0946. The number of aryl methyl sites for hydroxylation is 1. The van der Waals surface area contributed by atoms with Gasteiger partial charge < -0.3 is 14.5 Å². The Morgan fingerprint density at radius 1 is 1.50 bits per heavy atom. The van der Waals surface area contributed by atoms with Gasteiger partial charge in [0.25, 0.3) is 0 Å². The van der Waals surface area contributed by atoms with E-state index in [4.69, 9.17) is 0 Å². The quantitative estimate of drug-likeness (QED) is 0.673. The predicted molar refractivity (Wildman–Crippen MR) is 49.5 cm³/mol. The number of benzene rings is 1. The number of para-hydroxylation sites is 2. The van der Waals surface area contributed by atoms with Crippen LogP contribution in [0.15, 0.2) is 24.3 Å². The van der Waals surface area contributed by atoms with Crippen LogP contribution >= 0.6 is 0 Å². The molecule has 0 aliphatic carbocycles. The van der Waals surface area contributed by atoms with E-state index in [-0.39, 0.29) is 6.54 Å². The van der Waals surface area contributed by atoms with Crippen molar-refractivity contribution in [1.82, 2.24) is 9.55 Å². The molecule has 0 atom stereocenters. The van der Waals surface area contributed by atoms with Crippen LogP contribution in [0.1, 0.15) is 5.82 Å². The van der Waals surface area contributed by atoms with Crippen molar-refractivity contribution in [2.45, 2.75) is 13.5 Å². The summed E-state index contributed by atoms with van der Waals surface area (Å²) in [6, 6.07) is 7.43. The van der Waals surface area contributed by atoms with Gasteiger partial charge in [-0.05, 0) is 19.1 Å².